The highest BCUT2D eigenvalue weighted by molar-refractivity contribution is 6.07. The first-order chi connectivity index (χ1) is 9.71. The quantitative estimate of drug-likeness (QED) is 0.883. The van der Waals surface area contributed by atoms with Gasteiger partial charge in [0.15, 0.2) is 0 Å². The van der Waals surface area contributed by atoms with E-state index in [-0.39, 0.29) is 5.91 Å². The summed E-state index contributed by atoms with van der Waals surface area (Å²) >= 11 is 0. The van der Waals surface area contributed by atoms with Crippen LogP contribution in [0, 0.1) is 0 Å². The van der Waals surface area contributed by atoms with Crippen LogP contribution in [0.1, 0.15) is 18.4 Å². The van der Waals surface area contributed by atoms with Gasteiger partial charge in [-0.2, -0.15) is 0 Å². The normalized spacial score (nSPS) is 24.6. The minimum atomic E-state index is -0.464. The molecule has 2 aliphatic rings. The van der Waals surface area contributed by atoms with Crippen molar-refractivity contribution in [1.29, 1.82) is 0 Å². The van der Waals surface area contributed by atoms with Crippen molar-refractivity contribution >= 4 is 11.6 Å². The molecule has 1 amide bonds. The smallest absolute Gasteiger partial charge is 0.235 e. The highest BCUT2D eigenvalue weighted by Gasteiger charge is 2.50. The molecular formula is C17H18N2O. The monoisotopic (exact) mass is 266 g/mol. The van der Waals surface area contributed by atoms with Crippen molar-refractivity contribution < 1.29 is 4.79 Å². The van der Waals surface area contributed by atoms with E-state index in [0.29, 0.717) is 19.4 Å². The van der Waals surface area contributed by atoms with Crippen LogP contribution in [0.5, 0.6) is 0 Å². The molecule has 1 unspecified atom stereocenters. The Kier molecular flexibility index (Phi) is 3.07. The SMILES string of the molecule is C=CC1=C(/C=C\CN)CC2(C1)C(=O)Nc1ccccc12. The molecule has 0 fully saturated rings. The van der Waals surface area contributed by atoms with Gasteiger partial charge >= 0.3 is 0 Å². The molecule has 1 spiro atoms. The molecule has 0 bridgehead atoms. The molecule has 0 saturated carbocycles. The van der Waals surface area contributed by atoms with E-state index in [2.05, 4.69) is 11.9 Å². The third kappa shape index (κ3) is 1.74. The van der Waals surface area contributed by atoms with Crippen molar-refractivity contribution in [3.05, 3.63) is 65.8 Å². The Morgan fingerprint density at radius 3 is 2.80 bits per heavy atom. The molecule has 20 heavy (non-hydrogen) atoms. The molecule has 1 aromatic carbocycles. The van der Waals surface area contributed by atoms with E-state index in [0.717, 1.165) is 22.4 Å². The minimum Gasteiger partial charge on any atom is -0.327 e. The fourth-order valence-corrected chi connectivity index (χ4v) is 3.24. The summed E-state index contributed by atoms with van der Waals surface area (Å²) in [5.74, 6) is 0.0919. The summed E-state index contributed by atoms with van der Waals surface area (Å²) in [6.07, 6.45) is 7.24. The van der Waals surface area contributed by atoms with Crippen molar-refractivity contribution in [2.24, 2.45) is 5.73 Å². The molecule has 3 heteroatoms. The summed E-state index contributed by atoms with van der Waals surface area (Å²) in [5.41, 5.74) is 9.40. The number of nitrogens with two attached hydrogens (primary N) is 1. The van der Waals surface area contributed by atoms with E-state index in [4.69, 9.17) is 5.73 Å². The van der Waals surface area contributed by atoms with Gasteiger partial charge in [-0.05, 0) is 35.6 Å². The van der Waals surface area contributed by atoms with Crippen LogP contribution in [0.2, 0.25) is 0 Å². The Morgan fingerprint density at radius 1 is 1.30 bits per heavy atom. The summed E-state index contributed by atoms with van der Waals surface area (Å²) in [7, 11) is 0. The number of para-hydroxylation sites is 1. The minimum absolute atomic E-state index is 0.0919. The molecule has 1 aromatic rings. The Balaban J connectivity index is 2.03. The molecular weight excluding hydrogens is 248 g/mol. The van der Waals surface area contributed by atoms with Crippen LogP contribution in [0.15, 0.2) is 60.2 Å². The predicted molar refractivity (Wildman–Crippen MR) is 81.4 cm³/mol. The number of benzene rings is 1. The molecule has 0 aromatic heterocycles. The van der Waals surface area contributed by atoms with Crippen molar-refractivity contribution in [2.45, 2.75) is 18.3 Å². The highest BCUT2D eigenvalue weighted by Crippen LogP contribution is 2.51. The van der Waals surface area contributed by atoms with Gasteiger partial charge in [0.1, 0.15) is 0 Å². The molecule has 0 radical (unpaired) electrons. The zero-order valence-corrected chi connectivity index (χ0v) is 11.4. The van der Waals surface area contributed by atoms with E-state index >= 15 is 0 Å². The van der Waals surface area contributed by atoms with Gasteiger partial charge in [0.25, 0.3) is 0 Å². The molecule has 3 rings (SSSR count). The van der Waals surface area contributed by atoms with Crippen LogP contribution in [0.4, 0.5) is 5.69 Å². The number of anilines is 1. The van der Waals surface area contributed by atoms with E-state index < -0.39 is 5.41 Å². The fraction of sp³-hybridized carbons (Fsp3) is 0.235. The lowest BCUT2D eigenvalue weighted by Crippen LogP contribution is -2.32. The molecule has 3 nitrogen and oxygen atoms in total. The van der Waals surface area contributed by atoms with Gasteiger partial charge in [0.2, 0.25) is 5.91 Å². The van der Waals surface area contributed by atoms with Crippen LogP contribution < -0.4 is 11.1 Å². The second-order valence-corrected chi connectivity index (χ2v) is 5.33. The second-order valence-electron chi connectivity index (χ2n) is 5.33. The zero-order chi connectivity index (χ0) is 14.2. The van der Waals surface area contributed by atoms with Gasteiger partial charge in [-0.15, -0.1) is 0 Å². The lowest BCUT2D eigenvalue weighted by Gasteiger charge is -2.21. The zero-order valence-electron chi connectivity index (χ0n) is 11.4. The number of carbonyl (C=O) groups is 1. The van der Waals surface area contributed by atoms with E-state index in [1.165, 1.54) is 0 Å². The number of rotatable bonds is 3. The van der Waals surface area contributed by atoms with Gasteiger partial charge in [-0.25, -0.2) is 0 Å². The summed E-state index contributed by atoms with van der Waals surface area (Å²) in [6, 6.07) is 7.94. The van der Waals surface area contributed by atoms with Crippen molar-refractivity contribution in [3.63, 3.8) is 0 Å². The summed E-state index contributed by atoms with van der Waals surface area (Å²) < 4.78 is 0. The summed E-state index contributed by atoms with van der Waals surface area (Å²) in [5, 5.41) is 3.00. The number of amides is 1. The Bertz CT molecular complexity index is 642. The molecule has 3 N–H and O–H groups in total. The van der Waals surface area contributed by atoms with E-state index in [9.17, 15) is 4.79 Å². The number of allylic oxidation sites excluding steroid dienone is 4. The first-order valence-electron chi connectivity index (χ1n) is 6.83. The number of carbonyl (C=O) groups excluding carboxylic acids is 1. The standard InChI is InChI=1S/C17H18N2O/c1-2-12-10-17(11-13(12)6-5-9-18)14-7-3-4-8-15(14)19-16(17)20/h2-8H,1,9-11,18H2,(H,19,20)/b6-5-. The van der Waals surface area contributed by atoms with Crippen molar-refractivity contribution in [2.75, 3.05) is 11.9 Å². The number of nitrogens with one attached hydrogen (secondary N) is 1. The van der Waals surface area contributed by atoms with Gasteiger partial charge in [0.05, 0.1) is 5.41 Å². The average Bonchev–Trinajstić information content (AvgIpc) is 2.97. The Labute approximate surface area is 118 Å². The van der Waals surface area contributed by atoms with Crippen LogP contribution in [-0.4, -0.2) is 12.5 Å². The third-order valence-electron chi connectivity index (χ3n) is 4.22. The molecule has 0 saturated heterocycles. The average molecular weight is 266 g/mol. The summed E-state index contributed by atoms with van der Waals surface area (Å²) in [6.45, 7) is 4.39. The highest BCUT2D eigenvalue weighted by atomic mass is 16.2. The van der Waals surface area contributed by atoms with Crippen LogP contribution >= 0.6 is 0 Å². The van der Waals surface area contributed by atoms with Gasteiger partial charge in [0, 0.05) is 12.2 Å². The van der Waals surface area contributed by atoms with Gasteiger partial charge in [-0.1, -0.05) is 43.0 Å². The molecule has 1 atom stereocenters. The predicted octanol–water partition coefficient (Wildman–Crippen LogP) is 2.67. The maximum atomic E-state index is 12.5. The van der Waals surface area contributed by atoms with Crippen LogP contribution in [-0.2, 0) is 10.2 Å². The van der Waals surface area contributed by atoms with Gasteiger partial charge in [-0.3, -0.25) is 4.79 Å². The third-order valence-corrected chi connectivity index (χ3v) is 4.22. The molecule has 1 aliphatic carbocycles. The topological polar surface area (TPSA) is 55.1 Å². The molecule has 1 aliphatic heterocycles. The van der Waals surface area contributed by atoms with Crippen molar-refractivity contribution in [1.82, 2.24) is 0 Å². The molecule has 102 valence electrons. The van der Waals surface area contributed by atoms with Crippen molar-refractivity contribution in [3.8, 4) is 0 Å². The first kappa shape index (κ1) is 12.9. The lowest BCUT2D eigenvalue weighted by molar-refractivity contribution is -0.120. The number of hydrogen-bond acceptors (Lipinski definition) is 2. The lowest BCUT2D eigenvalue weighted by atomic mass is 9.78. The van der Waals surface area contributed by atoms with E-state index in [1.54, 1.807) is 0 Å². The number of fused-ring (bicyclic) bond motifs is 2. The first-order valence-corrected chi connectivity index (χ1v) is 6.83. The fourth-order valence-electron chi connectivity index (χ4n) is 3.24. The summed E-state index contributed by atoms with van der Waals surface area (Å²) in [4.78, 5) is 12.5. The van der Waals surface area contributed by atoms with Gasteiger partial charge < -0.3 is 11.1 Å². The Hall–Kier alpha value is -2.13. The maximum absolute atomic E-state index is 12.5. The largest absolute Gasteiger partial charge is 0.327 e. The molecule has 1 heterocycles. The van der Waals surface area contributed by atoms with E-state index in [1.807, 2.05) is 42.5 Å². The Morgan fingerprint density at radius 2 is 2.05 bits per heavy atom. The van der Waals surface area contributed by atoms with Crippen LogP contribution in [0.25, 0.3) is 0 Å². The number of hydrogen-bond donors (Lipinski definition) is 2. The maximum Gasteiger partial charge on any atom is 0.235 e. The van der Waals surface area contributed by atoms with Crippen LogP contribution in [0.3, 0.4) is 0 Å². The second kappa shape index (κ2) is 4.76.